The van der Waals surface area contributed by atoms with Gasteiger partial charge in [0.25, 0.3) is 0 Å². The van der Waals surface area contributed by atoms with Gasteiger partial charge in [0.05, 0.1) is 0 Å². The fraction of sp³-hybridized carbons (Fsp3) is 0.435. The summed E-state index contributed by atoms with van der Waals surface area (Å²) in [4.78, 5) is 39.5. The number of aryl methyl sites for hydroxylation is 3. The lowest BCUT2D eigenvalue weighted by atomic mass is 9.85. The minimum atomic E-state index is -2.20. The van der Waals surface area contributed by atoms with E-state index in [-0.39, 0.29) is 69.7 Å². The molecule has 0 aromatic heterocycles. The zero-order valence-corrected chi connectivity index (χ0v) is 51.4. The molecule has 79 heavy (non-hydrogen) atoms. The Morgan fingerprint density at radius 3 is 0.747 bits per heavy atom. The van der Waals surface area contributed by atoms with Crippen molar-refractivity contribution in [2.24, 2.45) is 0 Å². The van der Waals surface area contributed by atoms with Gasteiger partial charge in [0.15, 0.2) is 0 Å². The summed E-state index contributed by atoms with van der Waals surface area (Å²) in [5, 5.41) is 0. The van der Waals surface area contributed by atoms with Crippen molar-refractivity contribution in [3.05, 3.63) is 177 Å². The van der Waals surface area contributed by atoms with Crippen molar-refractivity contribution < 1.29 is 42.2 Å². The van der Waals surface area contributed by atoms with E-state index in [4.69, 9.17) is 27.8 Å². The summed E-state index contributed by atoms with van der Waals surface area (Å²) >= 11 is 0. The Hall–Kier alpha value is -6.44. The largest absolute Gasteiger partial charge is 0.530 e. The van der Waals surface area contributed by atoms with Gasteiger partial charge in [-0.15, -0.1) is 0 Å². The predicted molar refractivity (Wildman–Crippen MR) is 322 cm³/mol. The lowest BCUT2D eigenvalue weighted by molar-refractivity contribution is -0.135. The lowest BCUT2D eigenvalue weighted by Crippen LogP contribution is -2.18. The molecule has 0 N–H and O–H groups in total. The van der Waals surface area contributed by atoms with Crippen LogP contribution in [0.1, 0.15) is 194 Å². The highest BCUT2D eigenvalue weighted by Crippen LogP contribution is 2.49. The van der Waals surface area contributed by atoms with E-state index < -0.39 is 8.60 Å². The highest BCUT2D eigenvalue weighted by Gasteiger charge is 2.32. The Morgan fingerprint density at radius 1 is 0.316 bits per heavy atom. The van der Waals surface area contributed by atoms with Crippen molar-refractivity contribution in [1.29, 1.82) is 0 Å². The van der Waals surface area contributed by atoms with Gasteiger partial charge < -0.3 is 27.8 Å². The minimum absolute atomic E-state index is 0.00767. The molecule has 422 valence electrons. The van der Waals surface area contributed by atoms with E-state index >= 15 is 0 Å². The Balaban J connectivity index is 1.27. The Morgan fingerprint density at radius 2 is 0.544 bits per heavy atom. The molecular weight excluding hydrogens is 1000 g/mol. The SMILES string of the molecule is CC(C)(C)c1ccc(OC(=O)CCc2ccc(OP(Oc3ccc(CCC(=O)Oc4ccc(C(C)(C)C)cc4)cc3C(C)(C)C)Oc3ccc(CCC(=O)Oc4ccc(C(C)(C)C)cc4)cc3C(C)(C)C)c(C(C)(C)C)c2)cc1. The van der Waals surface area contributed by atoms with Gasteiger partial charge in [-0.1, -0.05) is 197 Å². The molecule has 0 atom stereocenters. The fourth-order valence-electron chi connectivity index (χ4n) is 8.85. The van der Waals surface area contributed by atoms with Crippen LogP contribution in [-0.2, 0) is 66.1 Å². The van der Waals surface area contributed by atoms with Crippen LogP contribution in [0, 0.1) is 0 Å². The highest BCUT2D eigenvalue weighted by molar-refractivity contribution is 7.43. The summed E-state index contributed by atoms with van der Waals surface area (Å²) in [6.45, 7) is 38.5. The molecule has 0 bridgehead atoms. The van der Waals surface area contributed by atoms with Crippen LogP contribution in [0.5, 0.6) is 34.5 Å². The second-order valence-electron chi connectivity index (χ2n) is 27.0. The number of hydrogen-bond donors (Lipinski definition) is 0. The average Bonchev–Trinajstić information content (AvgIpc) is 3.37. The third-order valence-electron chi connectivity index (χ3n) is 13.8. The van der Waals surface area contributed by atoms with Crippen LogP contribution in [-0.4, -0.2) is 17.9 Å². The zero-order valence-electron chi connectivity index (χ0n) is 50.5. The molecule has 0 fully saturated rings. The quantitative estimate of drug-likeness (QED) is 0.0472. The van der Waals surface area contributed by atoms with Gasteiger partial charge in [-0.3, -0.25) is 14.4 Å². The summed E-state index contributed by atoms with van der Waals surface area (Å²) in [7, 11) is -2.20. The standard InChI is InChI=1S/C69H87O9P/c1-64(2,3)49-25-31-52(32-26-49)73-61(70)40-22-46-19-37-58(55(43-46)67(10,11)12)76-79(77-59-38-20-47(44-56(59)68(13,14)15)23-41-62(71)74-53-33-27-50(28-34-53)65(4,5)6)78-60-39-21-48(45-57(60)69(16,17)18)24-42-63(72)75-54-35-29-51(30-36-54)66(7,8)9/h19-21,25-39,43-45H,22-24,40-42H2,1-18H3. The van der Waals surface area contributed by atoms with Crippen molar-refractivity contribution in [3.8, 4) is 34.5 Å². The summed E-state index contributed by atoms with van der Waals surface area (Å²) in [6.07, 6.45) is 1.99. The average molecular weight is 1090 g/mol. The van der Waals surface area contributed by atoms with E-state index in [0.29, 0.717) is 53.8 Å². The number of esters is 3. The first-order valence-electron chi connectivity index (χ1n) is 27.8. The fourth-order valence-corrected chi connectivity index (χ4v) is 9.92. The van der Waals surface area contributed by atoms with Gasteiger partial charge >= 0.3 is 26.5 Å². The van der Waals surface area contributed by atoms with Crippen LogP contribution in [0.2, 0.25) is 0 Å². The normalized spacial score (nSPS) is 12.5. The summed E-state index contributed by atoms with van der Waals surface area (Å²) in [5.41, 5.74) is 7.97. The highest BCUT2D eigenvalue weighted by atomic mass is 31.2. The second kappa shape index (κ2) is 24.9. The van der Waals surface area contributed by atoms with Gasteiger partial charge in [0.1, 0.15) is 34.5 Å². The van der Waals surface area contributed by atoms with Crippen LogP contribution in [0.25, 0.3) is 0 Å². The first-order valence-corrected chi connectivity index (χ1v) is 28.9. The molecule has 0 amide bonds. The van der Waals surface area contributed by atoms with Crippen molar-refractivity contribution >= 4 is 26.5 Å². The summed E-state index contributed by atoms with van der Waals surface area (Å²) in [6, 6.07) is 41.1. The third kappa shape index (κ3) is 18.3. The van der Waals surface area contributed by atoms with Crippen LogP contribution < -0.4 is 27.8 Å². The Kier molecular flexibility index (Phi) is 19.5. The number of carbonyl (C=O) groups is 3. The first kappa shape index (κ1) is 61.8. The third-order valence-corrected chi connectivity index (χ3v) is 14.8. The molecule has 6 rings (SSSR count). The van der Waals surface area contributed by atoms with Crippen LogP contribution >= 0.6 is 8.60 Å². The van der Waals surface area contributed by atoms with Gasteiger partial charge in [0, 0.05) is 36.0 Å². The topological polar surface area (TPSA) is 107 Å². The van der Waals surface area contributed by atoms with E-state index in [1.165, 1.54) is 16.7 Å². The number of ether oxygens (including phenoxy) is 3. The van der Waals surface area contributed by atoms with Crippen LogP contribution in [0.15, 0.2) is 127 Å². The minimum Gasteiger partial charge on any atom is -0.427 e. The number of hydrogen-bond acceptors (Lipinski definition) is 9. The molecule has 0 aliphatic rings. The molecule has 0 saturated carbocycles. The molecule has 0 heterocycles. The van der Waals surface area contributed by atoms with E-state index in [1.54, 1.807) is 0 Å². The number of benzene rings is 6. The number of rotatable bonds is 18. The molecule has 6 aromatic carbocycles. The lowest BCUT2D eigenvalue weighted by Gasteiger charge is -2.29. The molecule has 6 aromatic rings. The molecule has 10 heteroatoms. The van der Waals surface area contributed by atoms with E-state index in [0.717, 1.165) is 33.4 Å². The van der Waals surface area contributed by atoms with E-state index in [2.05, 4.69) is 143 Å². The summed E-state index contributed by atoms with van der Waals surface area (Å²) < 4.78 is 38.3. The molecule has 9 nitrogen and oxygen atoms in total. The van der Waals surface area contributed by atoms with Crippen molar-refractivity contribution in [2.75, 3.05) is 0 Å². The van der Waals surface area contributed by atoms with Crippen molar-refractivity contribution in [2.45, 2.75) is 196 Å². The molecular formula is C69H87O9P. The first-order chi connectivity index (χ1) is 36.6. The smallest absolute Gasteiger partial charge is 0.427 e. The van der Waals surface area contributed by atoms with Crippen molar-refractivity contribution in [3.63, 3.8) is 0 Å². The van der Waals surface area contributed by atoms with Gasteiger partial charge in [-0.05, 0) is 140 Å². The molecule has 0 radical (unpaired) electrons. The maximum atomic E-state index is 13.2. The summed E-state index contributed by atoms with van der Waals surface area (Å²) in [5.74, 6) is 2.41. The molecule has 0 spiro atoms. The molecule has 0 saturated heterocycles. The Labute approximate surface area is 474 Å². The maximum absolute atomic E-state index is 13.2. The van der Waals surface area contributed by atoms with E-state index in [1.807, 2.05) is 109 Å². The Bertz CT molecular complexity index is 2710. The van der Waals surface area contributed by atoms with E-state index in [9.17, 15) is 14.4 Å². The predicted octanol–water partition coefficient (Wildman–Crippen LogP) is 17.8. The molecule has 0 aliphatic carbocycles. The maximum Gasteiger partial charge on any atom is 0.530 e. The number of carbonyl (C=O) groups excluding carboxylic acids is 3. The molecule has 0 unspecified atom stereocenters. The van der Waals surface area contributed by atoms with Gasteiger partial charge in [0.2, 0.25) is 0 Å². The van der Waals surface area contributed by atoms with Crippen LogP contribution in [0.3, 0.4) is 0 Å². The van der Waals surface area contributed by atoms with Crippen LogP contribution in [0.4, 0.5) is 0 Å². The van der Waals surface area contributed by atoms with Crippen molar-refractivity contribution in [1.82, 2.24) is 0 Å². The molecule has 0 aliphatic heterocycles. The monoisotopic (exact) mass is 1090 g/mol. The zero-order chi connectivity index (χ0) is 58.3. The van der Waals surface area contributed by atoms with Gasteiger partial charge in [-0.2, -0.15) is 0 Å². The van der Waals surface area contributed by atoms with Gasteiger partial charge in [-0.25, -0.2) is 0 Å². The second-order valence-corrected chi connectivity index (χ2v) is 28.0.